The molecule has 0 aliphatic rings. The Labute approximate surface area is 281 Å². The highest BCUT2D eigenvalue weighted by molar-refractivity contribution is 6.26. The zero-order chi connectivity index (χ0) is 32.3. The summed E-state index contributed by atoms with van der Waals surface area (Å²) in [6.07, 6.45) is 0. The maximum Gasteiger partial charge on any atom is 0.235 e. The Balaban J connectivity index is 1.38. The highest BCUT2D eigenvalue weighted by Gasteiger charge is 2.26. The van der Waals surface area contributed by atoms with Gasteiger partial charge >= 0.3 is 0 Å². The first kappa shape index (κ1) is 27.4. The fourth-order valence-electron chi connectivity index (χ4n) is 7.26. The van der Waals surface area contributed by atoms with Crippen LogP contribution in [0.3, 0.4) is 0 Å². The molecule has 0 fully saturated rings. The number of aromatic nitrogens is 3. The molecule has 0 atom stereocenters. The number of para-hydroxylation sites is 5. The fraction of sp³-hybridized carbons (Fsp3) is 0. The van der Waals surface area contributed by atoms with Crippen LogP contribution in [-0.2, 0) is 0 Å². The van der Waals surface area contributed by atoms with Crippen molar-refractivity contribution in [1.29, 1.82) is 0 Å². The summed E-state index contributed by atoms with van der Waals surface area (Å²) in [5, 5.41) is 5.25. The smallest absolute Gasteiger partial charge is 0.235 e. The minimum Gasteiger partial charge on any atom is -0.454 e. The lowest BCUT2D eigenvalue weighted by atomic mass is 10.0. The van der Waals surface area contributed by atoms with Crippen LogP contribution in [0.15, 0.2) is 174 Å². The van der Waals surface area contributed by atoms with Crippen molar-refractivity contribution in [2.45, 2.75) is 0 Å². The topological polar surface area (TPSA) is 47.1 Å². The first-order valence-electron chi connectivity index (χ1n) is 16.4. The van der Waals surface area contributed by atoms with Crippen molar-refractivity contribution in [2.75, 3.05) is 4.90 Å². The molecule has 0 aliphatic carbocycles. The summed E-state index contributed by atoms with van der Waals surface area (Å²) in [6, 6.07) is 58.8. The van der Waals surface area contributed by atoms with Crippen LogP contribution in [0.4, 0.5) is 17.1 Å². The van der Waals surface area contributed by atoms with Gasteiger partial charge in [0.15, 0.2) is 5.58 Å². The number of benzene rings is 7. The molecule has 0 saturated carbocycles. The summed E-state index contributed by atoms with van der Waals surface area (Å²) in [4.78, 5) is 12.9. The molecule has 0 radical (unpaired) electrons. The molecule has 0 amide bonds. The van der Waals surface area contributed by atoms with E-state index in [1.807, 2.05) is 30.3 Å². The van der Waals surface area contributed by atoms with Crippen molar-refractivity contribution in [3.8, 4) is 17.2 Å². The number of anilines is 3. The number of hydrogen-bond donors (Lipinski definition) is 0. The molecule has 0 unspecified atom stereocenters. The highest BCUT2D eigenvalue weighted by Crippen LogP contribution is 2.48. The van der Waals surface area contributed by atoms with Crippen molar-refractivity contribution in [2.24, 2.45) is 0 Å². The van der Waals surface area contributed by atoms with Crippen LogP contribution in [-0.4, -0.2) is 14.5 Å². The van der Waals surface area contributed by atoms with Crippen LogP contribution in [0.1, 0.15) is 0 Å². The third kappa shape index (κ3) is 4.26. The molecule has 10 rings (SSSR count). The highest BCUT2D eigenvalue weighted by atomic mass is 16.3. The second kappa shape index (κ2) is 10.9. The molecule has 0 saturated heterocycles. The lowest BCUT2D eigenvalue weighted by molar-refractivity contribution is 0.671. The molecular weight excluding hydrogens is 601 g/mol. The molecule has 49 heavy (non-hydrogen) atoms. The Morgan fingerprint density at radius 1 is 0.510 bits per heavy atom. The van der Waals surface area contributed by atoms with E-state index in [4.69, 9.17) is 14.4 Å². The quantitative estimate of drug-likeness (QED) is 0.190. The second-order valence-electron chi connectivity index (χ2n) is 12.2. The molecular formula is C44H28N4O. The standard InChI is InChI=1S/C44H28N4O/c1-4-16-29(17-5-1)41-33-23-10-13-25-36(33)45-44(46-41)48-37-26-14-11-22-32(37)35-28-38(40-34-24-12-15-27-39(34)49-43(40)42(35)48)47(30-18-6-2-7-19-30)31-20-8-3-9-21-31/h1-28H. The van der Waals surface area contributed by atoms with Gasteiger partial charge in [-0.3, -0.25) is 4.57 Å². The van der Waals surface area contributed by atoms with Gasteiger partial charge < -0.3 is 9.32 Å². The minimum absolute atomic E-state index is 0.598. The van der Waals surface area contributed by atoms with E-state index in [0.717, 1.165) is 83.0 Å². The molecule has 3 heterocycles. The van der Waals surface area contributed by atoms with Gasteiger partial charge in [-0.2, -0.15) is 0 Å². The lowest BCUT2D eigenvalue weighted by Crippen LogP contribution is -2.10. The molecule has 5 nitrogen and oxygen atoms in total. The number of rotatable bonds is 5. The monoisotopic (exact) mass is 628 g/mol. The molecule has 3 aromatic heterocycles. The molecule has 7 aromatic carbocycles. The molecule has 0 N–H and O–H groups in total. The van der Waals surface area contributed by atoms with Crippen molar-refractivity contribution in [1.82, 2.24) is 14.5 Å². The van der Waals surface area contributed by atoms with Crippen molar-refractivity contribution < 1.29 is 4.42 Å². The van der Waals surface area contributed by atoms with Crippen LogP contribution >= 0.6 is 0 Å². The minimum atomic E-state index is 0.598. The molecule has 10 aromatic rings. The first-order valence-corrected chi connectivity index (χ1v) is 16.4. The summed E-state index contributed by atoms with van der Waals surface area (Å²) in [6.45, 7) is 0. The maximum absolute atomic E-state index is 6.92. The summed E-state index contributed by atoms with van der Waals surface area (Å²) >= 11 is 0. The van der Waals surface area contributed by atoms with Gasteiger partial charge in [0.1, 0.15) is 11.1 Å². The Hall–Kier alpha value is -6.72. The Bertz CT molecular complexity index is 2780. The van der Waals surface area contributed by atoms with Crippen LogP contribution in [0, 0.1) is 0 Å². The van der Waals surface area contributed by atoms with Crippen molar-refractivity contribution >= 4 is 71.7 Å². The third-order valence-electron chi connectivity index (χ3n) is 9.37. The average molecular weight is 629 g/mol. The normalized spacial score (nSPS) is 11.7. The van der Waals surface area contributed by atoms with E-state index in [2.05, 4.69) is 149 Å². The fourth-order valence-corrected chi connectivity index (χ4v) is 7.26. The van der Waals surface area contributed by atoms with E-state index in [9.17, 15) is 0 Å². The van der Waals surface area contributed by atoms with Crippen LogP contribution in [0.2, 0.25) is 0 Å². The SMILES string of the molecule is c1ccc(-c2nc(-n3c4ccccc4c4cc(N(c5ccccc5)c5ccccc5)c5c6ccccc6oc5c43)nc3ccccc23)cc1. The number of hydrogen-bond acceptors (Lipinski definition) is 4. The van der Waals surface area contributed by atoms with E-state index < -0.39 is 0 Å². The predicted molar refractivity (Wildman–Crippen MR) is 201 cm³/mol. The van der Waals surface area contributed by atoms with E-state index in [1.54, 1.807) is 0 Å². The Morgan fingerprint density at radius 3 is 1.84 bits per heavy atom. The maximum atomic E-state index is 6.92. The predicted octanol–water partition coefficient (Wildman–Crippen LogP) is 11.8. The molecule has 5 heteroatoms. The first-order chi connectivity index (χ1) is 24.3. The number of fused-ring (bicyclic) bond motifs is 8. The van der Waals surface area contributed by atoms with Crippen molar-refractivity contribution in [3.63, 3.8) is 0 Å². The summed E-state index contributed by atoms with van der Waals surface area (Å²) in [5.74, 6) is 0.598. The van der Waals surface area contributed by atoms with Gasteiger partial charge in [0.25, 0.3) is 0 Å². The lowest BCUT2D eigenvalue weighted by Gasteiger charge is -2.26. The summed E-state index contributed by atoms with van der Waals surface area (Å²) in [5.41, 5.74) is 9.55. The zero-order valence-corrected chi connectivity index (χ0v) is 26.4. The second-order valence-corrected chi connectivity index (χ2v) is 12.2. The van der Waals surface area contributed by atoms with Gasteiger partial charge in [-0.05, 0) is 48.5 Å². The largest absolute Gasteiger partial charge is 0.454 e. The van der Waals surface area contributed by atoms with E-state index in [0.29, 0.717) is 5.95 Å². The van der Waals surface area contributed by atoms with Gasteiger partial charge in [0.05, 0.1) is 27.8 Å². The Morgan fingerprint density at radius 2 is 1.10 bits per heavy atom. The van der Waals surface area contributed by atoms with E-state index in [1.165, 1.54) is 0 Å². The number of nitrogens with zero attached hydrogens (tertiary/aromatic N) is 4. The molecule has 0 aliphatic heterocycles. The van der Waals surface area contributed by atoms with Gasteiger partial charge in [-0.25, -0.2) is 9.97 Å². The van der Waals surface area contributed by atoms with Crippen molar-refractivity contribution in [3.05, 3.63) is 170 Å². The zero-order valence-electron chi connectivity index (χ0n) is 26.4. The van der Waals surface area contributed by atoms with E-state index >= 15 is 0 Å². The van der Waals surface area contributed by atoms with Crippen LogP contribution in [0.25, 0.3) is 71.9 Å². The van der Waals surface area contributed by atoms with Gasteiger partial charge in [-0.15, -0.1) is 0 Å². The van der Waals surface area contributed by atoms with E-state index in [-0.39, 0.29) is 0 Å². The Kier molecular flexibility index (Phi) is 6.11. The van der Waals surface area contributed by atoms with Crippen LogP contribution in [0.5, 0.6) is 0 Å². The van der Waals surface area contributed by atoms with Gasteiger partial charge in [-0.1, -0.05) is 121 Å². The number of furan rings is 1. The third-order valence-corrected chi connectivity index (χ3v) is 9.37. The average Bonchev–Trinajstić information content (AvgIpc) is 3.72. The molecule has 230 valence electrons. The molecule has 0 bridgehead atoms. The van der Waals surface area contributed by atoms with Gasteiger partial charge in [0, 0.05) is 38.5 Å². The molecule has 0 spiro atoms. The van der Waals surface area contributed by atoms with Gasteiger partial charge in [0.2, 0.25) is 5.95 Å². The summed E-state index contributed by atoms with van der Waals surface area (Å²) in [7, 11) is 0. The summed E-state index contributed by atoms with van der Waals surface area (Å²) < 4.78 is 9.11. The van der Waals surface area contributed by atoms with Crippen LogP contribution < -0.4 is 4.90 Å².